The molecule has 1 N–H and O–H groups in total. The van der Waals surface area contributed by atoms with E-state index in [1.807, 2.05) is 12.4 Å². The second-order valence-corrected chi connectivity index (χ2v) is 4.44. The van der Waals surface area contributed by atoms with Gasteiger partial charge in [-0.2, -0.15) is 0 Å². The van der Waals surface area contributed by atoms with Crippen LogP contribution in [0, 0.1) is 10.2 Å². The molecule has 0 aromatic carbocycles. The van der Waals surface area contributed by atoms with Crippen LogP contribution >= 0.6 is 12.2 Å². The van der Waals surface area contributed by atoms with E-state index in [1.165, 1.54) is 19.3 Å². The highest BCUT2D eigenvalue weighted by Crippen LogP contribution is 2.41. The summed E-state index contributed by atoms with van der Waals surface area (Å²) in [5, 5.41) is 0. The smallest absolute Gasteiger partial charge is 0.177 e. The molecule has 66 valence electrons. The van der Waals surface area contributed by atoms with E-state index in [1.54, 1.807) is 0 Å². The molecule has 2 nitrogen and oxygen atoms in total. The summed E-state index contributed by atoms with van der Waals surface area (Å²) in [6, 6.07) is 0. The molecule has 0 bridgehead atoms. The van der Waals surface area contributed by atoms with E-state index in [0.717, 1.165) is 11.3 Å². The van der Waals surface area contributed by atoms with Crippen molar-refractivity contribution in [1.29, 1.82) is 0 Å². The summed E-state index contributed by atoms with van der Waals surface area (Å²) in [6.45, 7) is 3.42. The third-order valence-corrected chi connectivity index (χ3v) is 3.19. The quantitative estimate of drug-likeness (QED) is 0.697. The average molecular weight is 182 g/mol. The molecular weight excluding hydrogens is 168 g/mol. The van der Waals surface area contributed by atoms with Gasteiger partial charge in [0, 0.05) is 18.9 Å². The van der Waals surface area contributed by atoms with Crippen molar-refractivity contribution in [2.75, 3.05) is 0 Å². The third kappa shape index (κ3) is 1.33. The Morgan fingerprint density at radius 2 is 2.42 bits per heavy atom. The SMILES string of the molecule is CC1(Cn2cc[nH]c2=S)CCC1. The molecule has 0 amide bonds. The normalized spacial score (nSPS) is 20.4. The summed E-state index contributed by atoms with van der Waals surface area (Å²) >= 11 is 5.13. The highest BCUT2D eigenvalue weighted by molar-refractivity contribution is 7.71. The molecule has 1 aromatic rings. The molecule has 3 heteroatoms. The van der Waals surface area contributed by atoms with E-state index in [-0.39, 0.29) is 0 Å². The molecule has 0 atom stereocenters. The summed E-state index contributed by atoms with van der Waals surface area (Å²) in [7, 11) is 0. The topological polar surface area (TPSA) is 20.7 Å². The van der Waals surface area contributed by atoms with Gasteiger partial charge in [0.1, 0.15) is 0 Å². The minimum absolute atomic E-state index is 0.514. The predicted molar refractivity (Wildman–Crippen MR) is 51.6 cm³/mol. The molecule has 2 rings (SSSR count). The molecule has 1 fully saturated rings. The van der Waals surface area contributed by atoms with Crippen molar-refractivity contribution >= 4 is 12.2 Å². The number of aromatic nitrogens is 2. The number of hydrogen-bond donors (Lipinski definition) is 1. The zero-order valence-corrected chi connectivity index (χ0v) is 8.16. The van der Waals surface area contributed by atoms with Gasteiger partial charge in [-0.25, -0.2) is 0 Å². The van der Waals surface area contributed by atoms with Crippen molar-refractivity contribution in [3.05, 3.63) is 17.2 Å². The lowest BCUT2D eigenvalue weighted by atomic mass is 9.70. The van der Waals surface area contributed by atoms with Crippen LogP contribution in [0.15, 0.2) is 12.4 Å². The lowest BCUT2D eigenvalue weighted by Crippen LogP contribution is -2.30. The molecule has 0 unspecified atom stereocenters. The molecule has 1 heterocycles. The average Bonchev–Trinajstić information content (AvgIpc) is 2.34. The molecule has 1 aliphatic carbocycles. The molecule has 0 aliphatic heterocycles. The molecule has 0 spiro atoms. The second kappa shape index (κ2) is 2.73. The Bertz CT molecular complexity index is 319. The van der Waals surface area contributed by atoms with Crippen molar-refractivity contribution in [3.63, 3.8) is 0 Å². The Balaban J connectivity index is 2.13. The predicted octanol–water partition coefficient (Wildman–Crippen LogP) is 2.74. The summed E-state index contributed by atoms with van der Waals surface area (Å²) < 4.78 is 2.98. The van der Waals surface area contributed by atoms with Crippen LogP contribution in [0.2, 0.25) is 0 Å². The number of H-pyrrole nitrogens is 1. The van der Waals surface area contributed by atoms with Gasteiger partial charge < -0.3 is 9.55 Å². The maximum Gasteiger partial charge on any atom is 0.177 e. The van der Waals surface area contributed by atoms with Crippen LogP contribution in [0.1, 0.15) is 26.2 Å². The Labute approximate surface area is 77.6 Å². The van der Waals surface area contributed by atoms with Crippen LogP contribution in [-0.2, 0) is 6.54 Å². The van der Waals surface area contributed by atoms with Gasteiger partial charge in [-0.1, -0.05) is 13.3 Å². The van der Waals surface area contributed by atoms with Crippen molar-refractivity contribution in [1.82, 2.24) is 9.55 Å². The number of aromatic amines is 1. The maximum atomic E-state index is 5.13. The van der Waals surface area contributed by atoms with E-state index in [4.69, 9.17) is 12.2 Å². The van der Waals surface area contributed by atoms with Gasteiger partial charge in [0.15, 0.2) is 4.77 Å². The lowest BCUT2D eigenvalue weighted by Gasteiger charge is -2.38. The molecule has 1 saturated carbocycles. The zero-order valence-electron chi connectivity index (χ0n) is 7.34. The highest BCUT2D eigenvalue weighted by atomic mass is 32.1. The molecule has 0 saturated heterocycles. The minimum Gasteiger partial charge on any atom is -0.337 e. The van der Waals surface area contributed by atoms with Crippen LogP contribution < -0.4 is 0 Å². The van der Waals surface area contributed by atoms with Gasteiger partial charge in [-0.3, -0.25) is 0 Å². The van der Waals surface area contributed by atoms with Crippen molar-refractivity contribution < 1.29 is 0 Å². The van der Waals surface area contributed by atoms with E-state index >= 15 is 0 Å². The number of rotatable bonds is 2. The van der Waals surface area contributed by atoms with Crippen LogP contribution in [0.3, 0.4) is 0 Å². The fourth-order valence-electron chi connectivity index (χ4n) is 1.82. The summed E-state index contributed by atoms with van der Waals surface area (Å²) in [5.74, 6) is 0. The van der Waals surface area contributed by atoms with E-state index in [0.29, 0.717) is 5.41 Å². The van der Waals surface area contributed by atoms with Gasteiger partial charge in [0.2, 0.25) is 0 Å². The van der Waals surface area contributed by atoms with Gasteiger partial charge in [-0.05, 0) is 30.5 Å². The maximum absolute atomic E-state index is 5.13. The first-order valence-electron chi connectivity index (χ1n) is 4.43. The van der Waals surface area contributed by atoms with Crippen LogP contribution in [-0.4, -0.2) is 9.55 Å². The summed E-state index contributed by atoms with van der Waals surface area (Å²) in [6.07, 6.45) is 8.02. The Hall–Kier alpha value is -0.570. The fourth-order valence-corrected chi connectivity index (χ4v) is 2.02. The number of nitrogens with one attached hydrogen (secondary N) is 1. The van der Waals surface area contributed by atoms with E-state index in [2.05, 4.69) is 16.5 Å². The first kappa shape index (κ1) is 8.05. The number of imidazole rings is 1. The summed E-state index contributed by atoms with van der Waals surface area (Å²) in [4.78, 5) is 3.02. The van der Waals surface area contributed by atoms with Gasteiger partial charge in [0.05, 0.1) is 0 Å². The second-order valence-electron chi connectivity index (χ2n) is 4.06. The Morgan fingerprint density at radius 3 is 2.83 bits per heavy atom. The van der Waals surface area contributed by atoms with Gasteiger partial charge in [0.25, 0.3) is 0 Å². The monoisotopic (exact) mass is 182 g/mol. The van der Waals surface area contributed by atoms with Crippen LogP contribution in [0.5, 0.6) is 0 Å². The van der Waals surface area contributed by atoms with E-state index < -0.39 is 0 Å². The number of hydrogen-bond acceptors (Lipinski definition) is 1. The van der Waals surface area contributed by atoms with Crippen molar-refractivity contribution in [3.8, 4) is 0 Å². The fraction of sp³-hybridized carbons (Fsp3) is 0.667. The van der Waals surface area contributed by atoms with Gasteiger partial charge >= 0.3 is 0 Å². The summed E-state index contributed by atoms with van der Waals surface area (Å²) in [5.41, 5.74) is 0.514. The number of nitrogens with zero attached hydrogens (tertiary/aromatic N) is 1. The van der Waals surface area contributed by atoms with Crippen LogP contribution in [0.25, 0.3) is 0 Å². The largest absolute Gasteiger partial charge is 0.337 e. The molecular formula is C9H14N2S. The molecule has 12 heavy (non-hydrogen) atoms. The molecule has 1 aliphatic rings. The minimum atomic E-state index is 0.514. The van der Waals surface area contributed by atoms with Crippen molar-refractivity contribution in [2.24, 2.45) is 5.41 Å². The lowest BCUT2D eigenvalue weighted by molar-refractivity contribution is 0.131. The first-order chi connectivity index (χ1) is 5.70. The van der Waals surface area contributed by atoms with Crippen LogP contribution in [0.4, 0.5) is 0 Å². The zero-order chi connectivity index (χ0) is 8.60. The van der Waals surface area contributed by atoms with Gasteiger partial charge in [-0.15, -0.1) is 0 Å². The first-order valence-corrected chi connectivity index (χ1v) is 4.84. The molecule has 1 aromatic heterocycles. The Morgan fingerprint density at radius 1 is 1.67 bits per heavy atom. The van der Waals surface area contributed by atoms with E-state index in [9.17, 15) is 0 Å². The highest BCUT2D eigenvalue weighted by Gasteiger charge is 2.31. The standard InChI is InChI=1S/C9H14N2S/c1-9(3-2-4-9)7-11-6-5-10-8(11)12/h5-6H,2-4,7H2,1H3,(H,10,12). The Kier molecular flexibility index (Phi) is 1.83. The van der Waals surface area contributed by atoms with Crippen molar-refractivity contribution in [2.45, 2.75) is 32.7 Å². The molecule has 0 radical (unpaired) electrons. The third-order valence-electron chi connectivity index (χ3n) is 2.83.